The van der Waals surface area contributed by atoms with Gasteiger partial charge >= 0.3 is 7.60 Å². The van der Waals surface area contributed by atoms with Crippen LogP contribution in [0.1, 0.15) is 42.7 Å². The molecule has 3 aliphatic rings. The van der Waals surface area contributed by atoms with Crippen molar-refractivity contribution in [2.75, 3.05) is 58.7 Å². The highest BCUT2D eigenvalue weighted by molar-refractivity contribution is 7.54. The average Bonchev–Trinajstić information content (AvgIpc) is 3.05. The van der Waals surface area contributed by atoms with Crippen molar-refractivity contribution < 1.29 is 53.2 Å². The summed E-state index contributed by atoms with van der Waals surface area (Å²) < 4.78 is 31.0. The van der Waals surface area contributed by atoms with Crippen LogP contribution in [-0.4, -0.2) is 103 Å². The lowest BCUT2D eigenvalue weighted by atomic mass is 9.57. The Bertz CT molecular complexity index is 1860. The van der Waals surface area contributed by atoms with E-state index in [-0.39, 0.29) is 42.9 Å². The largest absolute Gasteiger partial charge is 0.508 e. The molecule has 0 radical (unpaired) electrons. The summed E-state index contributed by atoms with van der Waals surface area (Å²) in [5.74, 6) is -8.17. The van der Waals surface area contributed by atoms with E-state index in [4.69, 9.17) is 19.5 Å². The van der Waals surface area contributed by atoms with Gasteiger partial charge < -0.3 is 50.2 Å². The second kappa shape index (κ2) is 14.0. The number of carbonyl (C=O) groups is 3. The zero-order valence-electron chi connectivity index (χ0n) is 29.6. The van der Waals surface area contributed by atoms with Gasteiger partial charge in [0.15, 0.2) is 17.2 Å². The lowest BCUT2D eigenvalue weighted by Gasteiger charge is -2.50. The number of ether oxygens (including phenoxy) is 1. The van der Waals surface area contributed by atoms with Crippen LogP contribution in [0, 0.1) is 11.8 Å². The number of rotatable bonds is 12. The van der Waals surface area contributed by atoms with Gasteiger partial charge in [-0.05, 0) is 76.0 Å². The van der Waals surface area contributed by atoms with Gasteiger partial charge in [0.2, 0.25) is 5.78 Å². The molecule has 2 aromatic carbocycles. The van der Waals surface area contributed by atoms with Crippen molar-refractivity contribution in [3.8, 4) is 11.5 Å². The van der Waals surface area contributed by atoms with Crippen LogP contribution in [0.15, 0.2) is 47.2 Å². The number of aliphatic hydroxyl groups is 3. The summed E-state index contributed by atoms with van der Waals surface area (Å²) in [6, 6.07) is 7.09. The van der Waals surface area contributed by atoms with E-state index in [1.165, 1.54) is 12.0 Å². The number of Topliss-reactive ketones (excluding diaryl/α,β-unsaturated/α-hetero) is 2. The minimum Gasteiger partial charge on any atom is -0.508 e. The molecule has 0 spiro atoms. The first-order valence-corrected chi connectivity index (χ1v) is 18.1. The molecule has 1 amide bonds. The number of benzene rings is 2. The molecule has 0 heterocycles. The summed E-state index contributed by atoms with van der Waals surface area (Å²) in [5, 5.41) is 50.1. The lowest BCUT2D eigenvalue weighted by Crippen LogP contribution is -2.65. The van der Waals surface area contributed by atoms with Crippen LogP contribution in [0.5, 0.6) is 11.5 Å². The first-order chi connectivity index (χ1) is 24.0. The molecule has 5 atom stereocenters. The van der Waals surface area contributed by atoms with Crippen LogP contribution < -0.4 is 20.7 Å². The molecule has 51 heavy (non-hydrogen) atoms. The van der Waals surface area contributed by atoms with Crippen molar-refractivity contribution in [3.63, 3.8) is 0 Å². The molecule has 7 N–H and O–H groups in total. The van der Waals surface area contributed by atoms with Gasteiger partial charge in [-0.25, -0.2) is 0 Å². The van der Waals surface area contributed by atoms with Gasteiger partial charge in [0.05, 0.1) is 37.6 Å². The summed E-state index contributed by atoms with van der Waals surface area (Å²) in [5.41, 5.74) is 2.83. The number of carbonyl (C=O) groups excluding carboxylic acids is 3. The number of hydrogen-bond acceptors (Lipinski definition) is 14. The van der Waals surface area contributed by atoms with Crippen molar-refractivity contribution in [1.29, 1.82) is 0 Å². The number of phenols is 1. The Kier molecular flexibility index (Phi) is 10.4. The Hall–Kier alpha value is -4.40. The predicted molar refractivity (Wildman–Crippen MR) is 189 cm³/mol. The maximum Gasteiger partial charge on any atom is 0.357 e. The van der Waals surface area contributed by atoms with Gasteiger partial charge in [0.25, 0.3) is 5.91 Å². The van der Waals surface area contributed by atoms with Crippen molar-refractivity contribution in [1.82, 2.24) is 4.90 Å². The smallest absolute Gasteiger partial charge is 0.357 e. The fourth-order valence-electron chi connectivity index (χ4n) is 7.63. The monoisotopic (exact) mass is 728 g/mol. The normalized spacial score (nSPS) is 23.8. The molecule has 0 aromatic heterocycles. The number of nitrogens with one attached hydrogen (secondary N) is 1. The van der Waals surface area contributed by atoms with E-state index >= 15 is 0 Å². The molecule has 0 saturated heterocycles. The second-order valence-electron chi connectivity index (χ2n) is 13.2. The Morgan fingerprint density at radius 2 is 1.69 bits per heavy atom. The third-order valence-corrected chi connectivity index (χ3v) is 12.1. The molecule has 2 aromatic rings. The van der Waals surface area contributed by atoms with E-state index in [1.54, 1.807) is 77.3 Å². The van der Waals surface area contributed by atoms with Crippen LogP contribution in [0.4, 0.5) is 11.4 Å². The molecular formula is C35H45N4O11P. The van der Waals surface area contributed by atoms with Crippen molar-refractivity contribution in [2.45, 2.75) is 44.1 Å². The summed E-state index contributed by atoms with van der Waals surface area (Å²) in [6.45, 7) is 3.42. The fraction of sp³-hybridized carbons (Fsp3) is 0.457. The summed E-state index contributed by atoms with van der Waals surface area (Å²) in [4.78, 5) is 43.3. The third kappa shape index (κ3) is 6.06. The summed E-state index contributed by atoms with van der Waals surface area (Å²) in [6.07, 6.45) is 0.0407. The predicted octanol–water partition coefficient (Wildman–Crippen LogP) is 3.42. The van der Waals surface area contributed by atoms with E-state index in [2.05, 4.69) is 5.32 Å². The van der Waals surface area contributed by atoms with Crippen LogP contribution in [-0.2, 0) is 34.4 Å². The molecule has 15 nitrogen and oxygen atoms in total. The van der Waals surface area contributed by atoms with Gasteiger partial charge in [-0.2, -0.15) is 0 Å². The molecule has 16 heteroatoms. The Balaban J connectivity index is 1.72. The molecule has 1 fully saturated rings. The molecular weight excluding hydrogens is 683 g/mol. The van der Waals surface area contributed by atoms with Gasteiger partial charge in [0.1, 0.15) is 28.6 Å². The van der Waals surface area contributed by atoms with Crippen LogP contribution in [0.3, 0.4) is 0 Å². The van der Waals surface area contributed by atoms with Gasteiger partial charge in [-0.15, -0.1) is 0 Å². The number of likely N-dealkylation sites (N-methyl/N-ethyl adjacent to an activating group) is 1. The number of phenolic OH excluding ortho intramolecular Hbond substituents is 1. The van der Waals surface area contributed by atoms with Gasteiger partial charge in [-0.3, -0.25) is 23.8 Å². The Labute approximate surface area is 295 Å². The number of aromatic hydroxyl groups is 1. The first kappa shape index (κ1) is 37.8. The number of fused-ring (bicyclic) bond motifs is 3. The summed E-state index contributed by atoms with van der Waals surface area (Å²) >= 11 is 0. The molecule has 276 valence electrons. The van der Waals surface area contributed by atoms with E-state index in [0.29, 0.717) is 22.6 Å². The number of nitrogens with zero attached hydrogens (tertiary/aromatic N) is 2. The second-order valence-corrected chi connectivity index (χ2v) is 15.3. The van der Waals surface area contributed by atoms with Crippen LogP contribution in [0.2, 0.25) is 0 Å². The van der Waals surface area contributed by atoms with Crippen LogP contribution in [0.25, 0.3) is 5.76 Å². The molecule has 1 saturated carbocycles. The first-order valence-electron chi connectivity index (χ1n) is 16.5. The molecule has 0 aliphatic heterocycles. The molecule has 0 bridgehead atoms. The van der Waals surface area contributed by atoms with Gasteiger partial charge in [0, 0.05) is 31.3 Å². The topological polar surface area (TPSA) is 221 Å². The number of ketones is 2. The number of anilines is 2. The van der Waals surface area contributed by atoms with E-state index in [0.717, 1.165) is 0 Å². The number of methoxy groups -OCH3 is 1. The third-order valence-electron chi connectivity index (χ3n) is 9.84. The number of hydrogen-bond donors (Lipinski definition) is 6. The molecule has 1 unspecified atom stereocenters. The van der Waals surface area contributed by atoms with E-state index in [1.807, 2.05) is 0 Å². The summed E-state index contributed by atoms with van der Waals surface area (Å²) in [7, 11) is 4.11. The SMILES string of the molecule is CCOP(=O)(OCC)C(Nc1cc(N(C)C)c2c(c1O)C(O)=C1C(=O)[C@]3(O)C(O)=C(C(N)=O)C(=O)[C@@H](N(C)C)[C@@H]3C[C@@H]1C2)c1ccc(OC)cc1. The minimum absolute atomic E-state index is 0.0121. The standard InChI is InChI=1S/C35H45N4O11P/c1-8-49-51(47,50-9-2)34(17-10-12-19(48-7)13-11-17)37-22-16-23(38(3)4)20-14-18-15-21-27(39(5)6)30(42)26(33(36)45)32(44)35(21,46)31(43)24(18)29(41)25(20)28(22)40/h10-13,16,18,21,27,34,37,40-41,44,46H,8-9,14-15H2,1-7H3,(H2,36,45)/t18-,21-,27-,34?,35-/m0/s1. The molecule has 3 aliphatic carbocycles. The highest BCUT2D eigenvalue weighted by Crippen LogP contribution is 2.62. The fourth-order valence-corrected chi connectivity index (χ4v) is 9.55. The number of primary amides is 1. The number of nitrogens with two attached hydrogens (primary N) is 1. The average molecular weight is 729 g/mol. The van der Waals surface area contributed by atoms with Crippen LogP contribution >= 0.6 is 7.60 Å². The maximum atomic E-state index is 14.4. The zero-order chi connectivity index (χ0) is 37.7. The van der Waals surface area contributed by atoms with Crippen molar-refractivity contribution in [2.24, 2.45) is 17.6 Å². The highest BCUT2D eigenvalue weighted by Gasteiger charge is 2.64. The van der Waals surface area contributed by atoms with Crippen molar-refractivity contribution >= 4 is 42.2 Å². The quantitative estimate of drug-likeness (QED) is 0.105. The van der Waals surface area contributed by atoms with E-state index < -0.39 is 77.2 Å². The Morgan fingerprint density at radius 3 is 2.20 bits per heavy atom. The number of aliphatic hydroxyl groups excluding tert-OH is 2. The minimum atomic E-state index is -3.98. The van der Waals surface area contributed by atoms with E-state index in [9.17, 15) is 39.4 Å². The molecule has 5 rings (SSSR count). The Morgan fingerprint density at radius 1 is 1.08 bits per heavy atom. The lowest BCUT2D eigenvalue weighted by molar-refractivity contribution is -0.153. The highest BCUT2D eigenvalue weighted by atomic mass is 31.2. The number of amides is 1. The maximum absolute atomic E-state index is 14.4. The van der Waals surface area contributed by atoms with Crippen molar-refractivity contribution in [3.05, 3.63) is 63.9 Å². The van der Waals surface area contributed by atoms with Gasteiger partial charge in [-0.1, -0.05) is 12.1 Å². The zero-order valence-corrected chi connectivity index (χ0v) is 30.5.